The molecule has 1 saturated heterocycles. The summed E-state index contributed by atoms with van der Waals surface area (Å²) in [4.78, 5) is 34.7. The van der Waals surface area contributed by atoms with Crippen molar-refractivity contribution in [3.8, 4) is 0 Å². The van der Waals surface area contributed by atoms with Crippen molar-refractivity contribution in [2.24, 2.45) is 0 Å². The highest BCUT2D eigenvalue weighted by Gasteiger charge is 2.22. The molecule has 0 saturated carbocycles. The largest absolute Gasteiger partial charge is 0.478 e. The molecule has 0 bridgehead atoms. The standard InChI is InChI=1S/C12H12N2O6/c15-11(13-1-3-20-4-2-13)8-5-9(12(16)17)7-10(6-8)14(18)19/h5-7H,1-4H2,(H,16,17). The zero-order chi connectivity index (χ0) is 14.7. The quantitative estimate of drug-likeness (QED) is 0.646. The third kappa shape index (κ3) is 2.91. The molecule has 1 aliphatic rings. The van der Waals surface area contributed by atoms with E-state index in [-0.39, 0.29) is 11.1 Å². The van der Waals surface area contributed by atoms with Crippen LogP contribution in [0.15, 0.2) is 18.2 Å². The van der Waals surface area contributed by atoms with Crippen LogP contribution in [0.1, 0.15) is 20.7 Å². The van der Waals surface area contributed by atoms with Crippen molar-refractivity contribution < 1.29 is 24.4 Å². The predicted molar refractivity (Wildman–Crippen MR) is 66.8 cm³/mol. The SMILES string of the molecule is O=C(O)c1cc(C(=O)N2CCOCC2)cc([N+](=O)[O-])c1. The Morgan fingerprint density at radius 2 is 1.80 bits per heavy atom. The molecular formula is C12H12N2O6. The van der Waals surface area contributed by atoms with Crippen LogP contribution in [0.4, 0.5) is 5.69 Å². The number of morpholine rings is 1. The predicted octanol–water partition coefficient (Wildman–Crippen LogP) is 0.765. The number of carboxylic acids is 1. The number of rotatable bonds is 3. The molecule has 1 amide bonds. The van der Waals surface area contributed by atoms with E-state index >= 15 is 0 Å². The minimum atomic E-state index is -1.32. The summed E-state index contributed by atoms with van der Waals surface area (Å²) in [6.07, 6.45) is 0. The minimum Gasteiger partial charge on any atom is -0.478 e. The third-order valence-electron chi connectivity index (χ3n) is 2.92. The zero-order valence-corrected chi connectivity index (χ0v) is 10.4. The summed E-state index contributed by atoms with van der Waals surface area (Å²) >= 11 is 0. The number of nitro benzene ring substituents is 1. The highest BCUT2D eigenvalue weighted by atomic mass is 16.6. The van der Waals surface area contributed by atoms with Crippen molar-refractivity contribution in [3.63, 3.8) is 0 Å². The van der Waals surface area contributed by atoms with Crippen LogP contribution < -0.4 is 0 Å². The van der Waals surface area contributed by atoms with Gasteiger partial charge in [-0.1, -0.05) is 0 Å². The molecule has 0 spiro atoms. The smallest absolute Gasteiger partial charge is 0.335 e. The van der Waals surface area contributed by atoms with Gasteiger partial charge in [0.1, 0.15) is 0 Å². The lowest BCUT2D eigenvalue weighted by Gasteiger charge is -2.26. The maximum absolute atomic E-state index is 12.2. The molecule has 0 unspecified atom stereocenters. The Morgan fingerprint density at radius 3 is 2.35 bits per heavy atom. The van der Waals surface area contributed by atoms with Gasteiger partial charge in [0.2, 0.25) is 0 Å². The molecular weight excluding hydrogens is 268 g/mol. The van der Waals surface area contributed by atoms with Gasteiger partial charge in [-0.3, -0.25) is 14.9 Å². The van der Waals surface area contributed by atoms with Gasteiger partial charge >= 0.3 is 5.97 Å². The number of benzene rings is 1. The van der Waals surface area contributed by atoms with E-state index in [1.165, 1.54) is 4.90 Å². The second-order valence-electron chi connectivity index (χ2n) is 4.24. The van der Waals surface area contributed by atoms with Crippen LogP contribution in [-0.4, -0.2) is 53.1 Å². The Morgan fingerprint density at radius 1 is 1.20 bits per heavy atom. The molecule has 1 heterocycles. The van der Waals surface area contributed by atoms with E-state index in [1.54, 1.807) is 0 Å². The van der Waals surface area contributed by atoms with Crippen LogP contribution in [0.3, 0.4) is 0 Å². The van der Waals surface area contributed by atoms with E-state index in [0.717, 1.165) is 18.2 Å². The number of carboxylic acid groups (broad SMARTS) is 1. The fourth-order valence-corrected chi connectivity index (χ4v) is 1.91. The first kappa shape index (κ1) is 13.9. The lowest BCUT2D eigenvalue weighted by molar-refractivity contribution is -0.384. The molecule has 1 N–H and O–H groups in total. The summed E-state index contributed by atoms with van der Waals surface area (Å²) in [5, 5.41) is 19.7. The average Bonchev–Trinajstić information content (AvgIpc) is 2.46. The van der Waals surface area contributed by atoms with Crippen molar-refractivity contribution in [1.82, 2.24) is 4.90 Å². The molecule has 106 valence electrons. The van der Waals surface area contributed by atoms with Crippen LogP contribution in [0.2, 0.25) is 0 Å². The van der Waals surface area contributed by atoms with E-state index < -0.39 is 22.5 Å². The number of hydrogen-bond acceptors (Lipinski definition) is 5. The number of hydrogen-bond donors (Lipinski definition) is 1. The Labute approximate surface area is 113 Å². The zero-order valence-electron chi connectivity index (χ0n) is 10.4. The van der Waals surface area contributed by atoms with E-state index in [2.05, 4.69) is 0 Å². The van der Waals surface area contributed by atoms with Crippen LogP contribution in [-0.2, 0) is 4.74 Å². The van der Waals surface area contributed by atoms with Crippen molar-refractivity contribution in [2.45, 2.75) is 0 Å². The highest BCUT2D eigenvalue weighted by molar-refractivity contribution is 5.98. The molecule has 8 heteroatoms. The first-order chi connectivity index (χ1) is 9.49. The van der Waals surface area contributed by atoms with E-state index in [1.807, 2.05) is 0 Å². The van der Waals surface area contributed by atoms with Gasteiger partial charge in [0.05, 0.1) is 23.7 Å². The second kappa shape index (κ2) is 5.66. The highest BCUT2D eigenvalue weighted by Crippen LogP contribution is 2.19. The Kier molecular flexibility index (Phi) is 3.94. The number of aromatic carboxylic acids is 1. The van der Waals surface area contributed by atoms with Gasteiger partial charge in [-0.05, 0) is 6.07 Å². The normalized spacial score (nSPS) is 14.9. The van der Waals surface area contributed by atoms with Crippen molar-refractivity contribution in [2.75, 3.05) is 26.3 Å². The molecule has 20 heavy (non-hydrogen) atoms. The number of nitro groups is 1. The molecule has 0 aromatic heterocycles. The summed E-state index contributed by atoms with van der Waals surface area (Å²) in [6, 6.07) is 3.16. The first-order valence-electron chi connectivity index (χ1n) is 5.89. The topological polar surface area (TPSA) is 110 Å². The average molecular weight is 280 g/mol. The van der Waals surface area contributed by atoms with Crippen molar-refractivity contribution >= 4 is 17.6 Å². The maximum Gasteiger partial charge on any atom is 0.335 e. The number of nitrogens with zero attached hydrogens (tertiary/aromatic N) is 2. The fraction of sp³-hybridized carbons (Fsp3) is 0.333. The Balaban J connectivity index is 2.36. The lowest BCUT2D eigenvalue weighted by Crippen LogP contribution is -2.40. The molecule has 0 atom stereocenters. The Hall–Kier alpha value is -2.48. The van der Waals surface area contributed by atoms with Gasteiger partial charge in [0.25, 0.3) is 11.6 Å². The molecule has 1 aromatic carbocycles. The van der Waals surface area contributed by atoms with E-state index in [9.17, 15) is 19.7 Å². The van der Waals surface area contributed by atoms with Crippen LogP contribution in [0.5, 0.6) is 0 Å². The van der Waals surface area contributed by atoms with Gasteiger partial charge in [0, 0.05) is 30.8 Å². The summed E-state index contributed by atoms with van der Waals surface area (Å²) < 4.78 is 5.11. The molecule has 0 radical (unpaired) electrons. The van der Waals surface area contributed by atoms with Gasteiger partial charge in [-0.2, -0.15) is 0 Å². The molecule has 1 aliphatic heterocycles. The molecule has 0 aliphatic carbocycles. The third-order valence-corrected chi connectivity index (χ3v) is 2.92. The van der Waals surface area contributed by atoms with Gasteiger partial charge in [-0.15, -0.1) is 0 Å². The van der Waals surface area contributed by atoms with Crippen molar-refractivity contribution in [1.29, 1.82) is 0 Å². The summed E-state index contributed by atoms with van der Waals surface area (Å²) in [5.74, 6) is -1.75. The first-order valence-corrected chi connectivity index (χ1v) is 5.89. The van der Waals surface area contributed by atoms with Crippen LogP contribution >= 0.6 is 0 Å². The van der Waals surface area contributed by atoms with Crippen LogP contribution in [0, 0.1) is 10.1 Å². The number of carbonyl (C=O) groups excluding carboxylic acids is 1. The number of non-ortho nitro benzene ring substituents is 1. The molecule has 8 nitrogen and oxygen atoms in total. The molecule has 1 aromatic rings. The minimum absolute atomic E-state index is 0.00139. The van der Waals surface area contributed by atoms with Crippen LogP contribution in [0.25, 0.3) is 0 Å². The van der Waals surface area contributed by atoms with Crippen molar-refractivity contribution in [3.05, 3.63) is 39.4 Å². The monoisotopic (exact) mass is 280 g/mol. The summed E-state index contributed by atoms with van der Waals surface area (Å²) in [7, 11) is 0. The van der Waals surface area contributed by atoms with E-state index in [4.69, 9.17) is 9.84 Å². The maximum atomic E-state index is 12.2. The number of carbonyl (C=O) groups is 2. The van der Waals surface area contributed by atoms with Gasteiger partial charge < -0.3 is 14.7 Å². The Bertz CT molecular complexity index is 533. The summed E-state index contributed by atoms with van der Waals surface area (Å²) in [6.45, 7) is 1.55. The lowest BCUT2D eigenvalue weighted by atomic mass is 10.1. The van der Waals surface area contributed by atoms with Gasteiger partial charge in [-0.25, -0.2) is 4.79 Å². The molecule has 1 fully saturated rings. The van der Waals surface area contributed by atoms with E-state index in [0.29, 0.717) is 26.3 Å². The summed E-state index contributed by atoms with van der Waals surface area (Å²) in [5.41, 5.74) is -0.698. The number of ether oxygens (including phenoxy) is 1. The second-order valence-corrected chi connectivity index (χ2v) is 4.24. The molecule has 2 rings (SSSR count). The van der Waals surface area contributed by atoms with Gasteiger partial charge in [0.15, 0.2) is 0 Å². The number of amides is 1. The fourth-order valence-electron chi connectivity index (χ4n) is 1.91.